The molecular weight excluding hydrogens is 210 g/mol. The first-order valence-electron chi connectivity index (χ1n) is 7.04. The van der Waals surface area contributed by atoms with Gasteiger partial charge in [-0.1, -0.05) is 26.7 Å². The summed E-state index contributed by atoms with van der Waals surface area (Å²) in [5.74, 6) is 0.828. The molecule has 96 valence electrons. The summed E-state index contributed by atoms with van der Waals surface area (Å²) in [6, 6.07) is 0.707. The van der Waals surface area contributed by atoms with Gasteiger partial charge in [0.25, 0.3) is 0 Å². The Hall–Kier alpha value is -0.830. The second-order valence-electron chi connectivity index (χ2n) is 5.36. The van der Waals surface area contributed by atoms with Gasteiger partial charge >= 0.3 is 0 Å². The molecule has 17 heavy (non-hydrogen) atoms. The average Bonchev–Trinajstić information content (AvgIpc) is 2.76. The molecule has 1 N–H and O–H groups in total. The minimum Gasteiger partial charge on any atom is -0.310 e. The molecule has 0 spiro atoms. The van der Waals surface area contributed by atoms with Crippen LogP contribution in [0.5, 0.6) is 0 Å². The van der Waals surface area contributed by atoms with Crippen LogP contribution in [0.2, 0.25) is 0 Å². The van der Waals surface area contributed by atoms with E-state index in [1.165, 1.54) is 31.2 Å². The molecule has 1 aliphatic rings. The maximum Gasteiger partial charge on any atom is 0.0534 e. The van der Waals surface area contributed by atoms with Crippen LogP contribution in [0.1, 0.15) is 51.5 Å². The van der Waals surface area contributed by atoms with Crippen LogP contribution in [0.4, 0.5) is 0 Å². The number of hydrogen-bond donors (Lipinski definition) is 1. The summed E-state index contributed by atoms with van der Waals surface area (Å²) in [4.78, 5) is 0. The van der Waals surface area contributed by atoms with E-state index < -0.39 is 0 Å². The Bertz CT molecular complexity index is 332. The van der Waals surface area contributed by atoms with Gasteiger partial charge < -0.3 is 5.32 Å². The first kappa shape index (κ1) is 12.6. The second-order valence-corrected chi connectivity index (χ2v) is 5.36. The Kier molecular flexibility index (Phi) is 4.60. The summed E-state index contributed by atoms with van der Waals surface area (Å²) in [5.41, 5.74) is 1.32. The van der Waals surface area contributed by atoms with Gasteiger partial charge in [0.2, 0.25) is 0 Å². The molecular formula is C14H25N3. The SMILES string of the molecule is CCCn1cc(CNC2CCCCC2C)cn1. The first-order chi connectivity index (χ1) is 8.29. The van der Waals surface area contributed by atoms with Crippen molar-refractivity contribution in [1.82, 2.24) is 15.1 Å². The van der Waals surface area contributed by atoms with Gasteiger partial charge in [-0.3, -0.25) is 4.68 Å². The highest BCUT2D eigenvalue weighted by atomic mass is 15.3. The molecule has 0 amide bonds. The van der Waals surface area contributed by atoms with Gasteiger partial charge in [-0.15, -0.1) is 0 Å². The summed E-state index contributed by atoms with van der Waals surface area (Å²) in [5, 5.41) is 8.06. The molecule has 1 aromatic heterocycles. The van der Waals surface area contributed by atoms with E-state index in [-0.39, 0.29) is 0 Å². The lowest BCUT2D eigenvalue weighted by atomic mass is 9.86. The molecule has 1 aliphatic carbocycles. The van der Waals surface area contributed by atoms with Crippen molar-refractivity contribution in [2.24, 2.45) is 5.92 Å². The quantitative estimate of drug-likeness (QED) is 0.850. The van der Waals surface area contributed by atoms with E-state index in [0.717, 1.165) is 25.4 Å². The zero-order valence-electron chi connectivity index (χ0n) is 11.2. The Morgan fingerprint density at radius 1 is 1.41 bits per heavy atom. The fourth-order valence-corrected chi connectivity index (χ4v) is 2.72. The highest BCUT2D eigenvalue weighted by Crippen LogP contribution is 2.23. The van der Waals surface area contributed by atoms with Gasteiger partial charge in [-0.25, -0.2) is 0 Å². The monoisotopic (exact) mass is 235 g/mol. The summed E-state index contributed by atoms with van der Waals surface area (Å²) in [6.45, 7) is 6.55. The van der Waals surface area contributed by atoms with Gasteiger partial charge in [0.05, 0.1) is 6.20 Å². The topological polar surface area (TPSA) is 29.9 Å². The minimum atomic E-state index is 0.707. The third-order valence-electron chi connectivity index (χ3n) is 3.82. The maximum atomic E-state index is 4.37. The van der Waals surface area contributed by atoms with Crippen LogP contribution in [-0.4, -0.2) is 15.8 Å². The van der Waals surface area contributed by atoms with Crippen molar-refractivity contribution in [3.8, 4) is 0 Å². The van der Waals surface area contributed by atoms with Crippen molar-refractivity contribution in [3.05, 3.63) is 18.0 Å². The van der Waals surface area contributed by atoms with Gasteiger partial charge in [-0.05, 0) is 25.2 Å². The standard InChI is InChI=1S/C14H25N3/c1-3-8-17-11-13(10-16-17)9-15-14-7-5-4-6-12(14)2/h10-12,14-15H,3-9H2,1-2H3. The van der Waals surface area contributed by atoms with E-state index in [4.69, 9.17) is 0 Å². The third-order valence-corrected chi connectivity index (χ3v) is 3.82. The Morgan fingerprint density at radius 3 is 3.00 bits per heavy atom. The number of hydrogen-bond acceptors (Lipinski definition) is 2. The summed E-state index contributed by atoms with van der Waals surface area (Å²) >= 11 is 0. The molecule has 0 bridgehead atoms. The lowest BCUT2D eigenvalue weighted by Crippen LogP contribution is -2.36. The molecule has 3 heteroatoms. The molecule has 1 saturated carbocycles. The largest absolute Gasteiger partial charge is 0.310 e. The van der Waals surface area contributed by atoms with Crippen molar-refractivity contribution in [1.29, 1.82) is 0 Å². The molecule has 0 aliphatic heterocycles. The van der Waals surface area contributed by atoms with Crippen LogP contribution in [0.3, 0.4) is 0 Å². The molecule has 1 heterocycles. The van der Waals surface area contributed by atoms with E-state index in [1.807, 2.05) is 10.9 Å². The van der Waals surface area contributed by atoms with E-state index in [1.54, 1.807) is 0 Å². The molecule has 1 aromatic rings. The average molecular weight is 235 g/mol. The summed E-state index contributed by atoms with van der Waals surface area (Å²) < 4.78 is 2.04. The number of nitrogens with one attached hydrogen (secondary N) is 1. The minimum absolute atomic E-state index is 0.707. The van der Waals surface area contributed by atoms with Crippen LogP contribution >= 0.6 is 0 Å². The van der Waals surface area contributed by atoms with Crippen LogP contribution < -0.4 is 5.32 Å². The zero-order valence-corrected chi connectivity index (χ0v) is 11.2. The van der Waals surface area contributed by atoms with Gasteiger partial charge in [-0.2, -0.15) is 5.10 Å². The lowest BCUT2D eigenvalue weighted by Gasteiger charge is -2.29. The van der Waals surface area contributed by atoms with Crippen LogP contribution in [-0.2, 0) is 13.1 Å². The highest BCUT2D eigenvalue weighted by molar-refractivity contribution is 5.03. The van der Waals surface area contributed by atoms with Gasteiger partial charge in [0.1, 0.15) is 0 Å². The lowest BCUT2D eigenvalue weighted by molar-refractivity contribution is 0.279. The van der Waals surface area contributed by atoms with E-state index in [9.17, 15) is 0 Å². The fraction of sp³-hybridized carbons (Fsp3) is 0.786. The van der Waals surface area contributed by atoms with Gasteiger partial charge in [0, 0.05) is 30.9 Å². The van der Waals surface area contributed by atoms with Crippen molar-refractivity contribution < 1.29 is 0 Å². The van der Waals surface area contributed by atoms with Crippen LogP contribution in [0.15, 0.2) is 12.4 Å². The van der Waals surface area contributed by atoms with E-state index in [0.29, 0.717) is 6.04 Å². The molecule has 2 rings (SSSR count). The Balaban J connectivity index is 1.79. The smallest absolute Gasteiger partial charge is 0.0534 e. The van der Waals surface area contributed by atoms with Crippen molar-refractivity contribution >= 4 is 0 Å². The number of nitrogens with zero attached hydrogens (tertiary/aromatic N) is 2. The first-order valence-corrected chi connectivity index (χ1v) is 7.04. The predicted octanol–water partition coefficient (Wildman–Crippen LogP) is 2.96. The Labute approximate surface area is 105 Å². The fourth-order valence-electron chi connectivity index (χ4n) is 2.72. The number of aryl methyl sites for hydroxylation is 1. The van der Waals surface area contributed by atoms with Crippen LogP contribution in [0, 0.1) is 5.92 Å². The van der Waals surface area contributed by atoms with E-state index >= 15 is 0 Å². The van der Waals surface area contributed by atoms with Crippen molar-refractivity contribution in [3.63, 3.8) is 0 Å². The Morgan fingerprint density at radius 2 is 2.24 bits per heavy atom. The van der Waals surface area contributed by atoms with Gasteiger partial charge in [0.15, 0.2) is 0 Å². The molecule has 2 unspecified atom stereocenters. The van der Waals surface area contributed by atoms with Crippen molar-refractivity contribution in [2.75, 3.05) is 0 Å². The van der Waals surface area contributed by atoms with Crippen molar-refractivity contribution in [2.45, 2.75) is 65.1 Å². The molecule has 1 fully saturated rings. The maximum absolute atomic E-state index is 4.37. The number of aromatic nitrogens is 2. The molecule has 3 nitrogen and oxygen atoms in total. The summed E-state index contributed by atoms with van der Waals surface area (Å²) in [7, 11) is 0. The second kappa shape index (κ2) is 6.20. The molecule has 0 radical (unpaired) electrons. The number of rotatable bonds is 5. The highest BCUT2D eigenvalue weighted by Gasteiger charge is 2.20. The predicted molar refractivity (Wildman–Crippen MR) is 70.8 cm³/mol. The van der Waals surface area contributed by atoms with E-state index in [2.05, 4.69) is 30.5 Å². The molecule has 0 saturated heterocycles. The molecule has 0 aromatic carbocycles. The van der Waals surface area contributed by atoms with Crippen LogP contribution in [0.25, 0.3) is 0 Å². The summed E-state index contributed by atoms with van der Waals surface area (Å²) in [6.07, 6.45) is 10.8. The normalized spacial score (nSPS) is 25.1. The molecule has 2 atom stereocenters. The third kappa shape index (κ3) is 3.56. The zero-order chi connectivity index (χ0) is 12.1.